The Morgan fingerprint density at radius 3 is 2.74 bits per heavy atom. The molecule has 1 heterocycles. The molecule has 0 amide bonds. The average Bonchev–Trinajstić information content (AvgIpc) is 3.34. The number of nitrogens with zero attached hydrogens (tertiary/aromatic N) is 3. The third-order valence-corrected chi connectivity index (χ3v) is 4.93. The van der Waals surface area contributed by atoms with Gasteiger partial charge in [0.05, 0.1) is 11.0 Å². The zero-order chi connectivity index (χ0) is 15.6. The Morgan fingerprint density at radius 2 is 1.96 bits per heavy atom. The van der Waals surface area contributed by atoms with Gasteiger partial charge >= 0.3 is 0 Å². The molecule has 0 unspecified atom stereocenters. The predicted octanol–water partition coefficient (Wildman–Crippen LogP) is 3.11. The smallest absolute Gasteiger partial charge is 0.189 e. The van der Waals surface area contributed by atoms with Gasteiger partial charge in [-0.15, -0.1) is 0 Å². The van der Waals surface area contributed by atoms with Crippen molar-refractivity contribution in [2.75, 3.05) is 0 Å². The molecule has 5 heteroatoms. The first-order valence-electron chi connectivity index (χ1n) is 8.83. The molecule has 2 aliphatic rings. The van der Waals surface area contributed by atoms with Gasteiger partial charge in [-0.05, 0) is 37.8 Å². The number of guanidine groups is 1. The minimum atomic E-state index is 0.495. The van der Waals surface area contributed by atoms with Crippen LogP contribution in [-0.4, -0.2) is 21.6 Å². The zero-order valence-electron chi connectivity index (χ0n) is 13.5. The number of benzene rings is 1. The van der Waals surface area contributed by atoms with Crippen molar-refractivity contribution in [2.24, 2.45) is 10.7 Å². The van der Waals surface area contributed by atoms with E-state index in [0.717, 1.165) is 11.3 Å². The van der Waals surface area contributed by atoms with Crippen molar-refractivity contribution in [3.63, 3.8) is 0 Å². The molecule has 2 fully saturated rings. The van der Waals surface area contributed by atoms with Gasteiger partial charge in [0.1, 0.15) is 12.4 Å². The van der Waals surface area contributed by atoms with Crippen molar-refractivity contribution >= 4 is 17.0 Å². The van der Waals surface area contributed by atoms with Gasteiger partial charge in [0.15, 0.2) is 5.96 Å². The summed E-state index contributed by atoms with van der Waals surface area (Å²) in [6, 6.07) is 9.44. The van der Waals surface area contributed by atoms with Crippen LogP contribution in [-0.2, 0) is 6.54 Å². The maximum absolute atomic E-state index is 6.09. The quantitative estimate of drug-likeness (QED) is 0.673. The van der Waals surface area contributed by atoms with Crippen LogP contribution >= 0.6 is 0 Å². The number of hydrogen-bond acceptors (Lipinski definition) is 2. The Labute approximate surface area is 137 Å². The molecule has 0 atom stereocenters. The molecule has 5 nitrogen and oxygen atoms in total. The summed E-state index contributed by atoms with van der Waals surface area (Å²) >= 11 is 0. The van der Waals surface area contributed by atoms with Crippen molar-refractivity contribution in [3.8, 4) is 0 Å². The first-order valence-corrected chi connectivity index (χ1v) is 8.83. The number of nitrogens with two attached hydrogens (primary N) is 1. The van der Waals surface area contributed by atoms with E-state index in [1.165, 1.54) is 50.5 Å². The maximum Gasteiger partial charge on any atom is 0.189 e. The highest BCUT2D eigenvalue weighted by molar-refractivity contribution is 5.78. The van der Waals surface area contributed by atoms with Gasteiger partial charge in [-0.1, -0.05) is 31.4 Å². The number of hydrogen-bond donors (Lipinski definition) is 2. The van der Waals surface area contributed by atoms with Gasteiger partial charge in [0.2, 0.25) is 0 Å². The van der Waals surface area contributed by atoms with Crippen molar-refractivity contribution in [1.82, 2.24) is 14.9 Å². The maximum atomic E-state index is 6.09. The highest BCUT2D eigenvalue weighted by atomic mass is 15.2. The number of imidazole rings is 1. The van der Waals surface area contributed by atoms with E-state index in [1.807, 2.05) is 6.07 Å². The van der Waals surface area contributed by atoms with Gasteiger partial charge < -0.3 is 15.6 Å². The van der Waals surface area contributed by atoms with E-state index in [2.05, 4.69) is 33.1 Å². The Bertz CT molecular complexity index is 707. The fraction of sp³-hybridized carbons (Fsp3) is 0.556. The fourth-order valence-corrected chi connectivity index (χ4v) is 3.60. The largest absolute Gasteiger partial charge is 0.370 e. The molecule has 1 aromatic carbocycles. The predicted molar refractivity (Wildman–Crippen MR) is 93.3 cm³/mol. The molecule has 0 radical (unpaired) electrons. The summed E-state index contributed by atoms with van der Waals surface area (Å²) in [4.78, 5) is 9.32. The van der Waals surface area contributed by atoms with Crippen molar-refractivity contribution < 1.29 is 0 Å². The number of fused-ring (bicyclic) bond motifs is 1. The number of rotatable bonds is 4. The summed E-state index contributed by atoms with van der Waals surface area (Å²) < 4.78 is 2.35. The normalized spacial score (nSPS) is 20.1. The minimum absolute atomic E-state index is 0.495. The molecule has 2 aliphatic carbocycles. The number of aliphatic imine (C=N–C) groups is 1. The first-order chi connectivity index (χ1) is 11.3. The third-order valence-electron chi connectivity index (χ3n) is 4.93. The molecule has 122 valence electrons. The van der Waals surface area contributed by atoms with Gasteiger partial charge in [0.25, 0.3) is 0 Å². The van der Waals surface area contributed by atoms with Crippen LogP contribution in [0.2, 0.25) is 0 Å². The lowest BCUT2D eigenvalue weighted by Crippen LogP contribution is -2.41. The van der Waals surface area contributed by atoms with E-state index >= 15 is 0 Å². The summed E-state index contributed by atoms with van der Waals surface area (Å²) in [5.74, 6) is 1.59. The van der Waals surface area contributed by atoms with E-state index in [1.54, 1.807) is 0 Å². The molecule has 4 rings (SSSR count). The molecule has 2 saturated carbocycles. The molecular formula is C18H25N5. The summed E-state index contributed by atoms with van der Waals surface area (Å²) in [7, 11) is 0. The van der Waals surface area contributed by atoms with Gasteiger partial charge in [-0.25, -0.2) is 9.98 Å². The molecule has 3 N–H and O–H groups in total. The molecule has 2 aromatic rings. The summed E-state index contributed by atoms with van der Waals surface area (Å²) in [5, 5.41) is 3.38. The molecule has 0 spiro atoms. The van der Waals surface area contributed by atoms with Crippen LogP contribution in [0.25, 0.3) is 11.0 Å². The third kappa shape index (κ3) is 3.19. The van der Waals surface area contributed by atoms with Gasteiger partial charge in [-0.3, -0.25) is 0 Å². The van der Waals surface area contributed by atoms with E-state index in [9.17, 15) is 0 Å². The van der Waals surface area contributed by atoms with Crippen LogP contribution < -0.4 is 11.1 Å². The SMILES string of the molecule is NC(=NCc1nc2ccccc2n1C1CC1)NC1CCCCC1. The Morgan fingerprint density at radius 1 is 1.17 bits per heavy atom. The molecule has 23 heavy (non-hydrogen) atoms. The van der Waals surface area contributed by atoms with E-state index < -0.39 is 0 Å². The van der Waals surface area contributed by atoms with Crippen LogP contribution in [0, 0.1) is 0 Å². The minimum Gasteiger partial charge on any atom is -0.370 e. The van der Waals surface area contributed by atoms with Crippen LogP contribution in [0.15, 0.2) is 29.3 Å². The second-order valence-corrected chi connectivity index (χ2v) is 6.80. The number of para-hydroxylation sites is 2. The molecule has 0 aliphatic heterocycles. The molecule has 0 bridgehead atoms. The van der Waals surface area contributed by atoms with Gasteiger partial charge in [-0.2, -0.15) is 0 Å². The highest BCUT2D eigenvalue weighted by Crippen LogP contribution is 2.38. The lowest BCUT2D eigenvalue weighted by Gasteiger charge is -2.23. The van der Waals surface area contributed by atoms with Crippen LogP contribution in [0.1, 0.15) is 56.8 Å². The Hall–Kier alpha value is -2.04. The summed E-state index contributed by atoms with van der Waals surface area (Å²) in [6.07, 6.45) is 8.83. The molecule has 1 aromatic heterocycles. The second kappa shape index (κ2) is 6.22. The van der Waals surface area contributed by atoms with E-state index in [4.69, 9.17) is 10.7 Å². The Kier molecular flexibility index (Phi) is 3.93. The lowest BCUT2D eigenvalue weighted by molar-refractivity contribution is 0.412. The van der Waals surface area contributed by atoms with Crippen molar-refractivity contribution in [2.45, 2.75) is 63.6 Å². The zero-order valence-corrected chi connectivity index (χ0v) is 13.5. The Balaban J connectivity index is 1.50. The van der Waals surface area contributed by atoms with Crippen LogP contribution in [0.5, 0.6) is 0 Å². The van der Waals surface area contributed by atoms with Crippen LogP contribution in [0.4, 0.5) is 0 Å². The monoisotopic (exact) mass is 311 g/mol. The van der Waals surface area contributed by atoms with Crippen LogP contribution in [0.3, 0.4) is 0 Å². The fourth-order valence-electron chi connectivity index (χ4n) is 3.60. The topological polar surface area (TPSA) is 68.2 Å². The van der Waals surface area contributed by atoms with Gasteiger partial charge in [0, 0.05) is 12.1 Å². The first kappa shape index (κ1) is 14.5. The molecular weight excluding hydrogens is 286 g/mol. The molecule has 0 saturated heterocycles. The number of nitrogens with one attached hydrogen (secondary N) is 1. The van der Waals surface area contributed by atoms with Crippen molar-refractivity contribution in [3.05, 3.63) is 30.1 Å². The standard InChI is InChI=1S/C18H25N5/c19-18(21-13-6-2-1-3-7-13)20-12-17-22-15-8-4-5-9-16(15)23(17)14-10-11-14/h4-5,8-9,13-14H,1-3,6-7,10-12H2,(H3,19,20,21). The second-order valence-electron chi connectivity index (χ2n) is 6.80. The lowest BCUT2D eigenvalue weighted by atomic mass is 9.96. The highest BCUT2D eigenvalue weighted by Gasteiger charge is 2.27. The number of aromatic nitrogens is 2. The summed E-state index contributed by atoms with van der Waals surface area (Å²) in [6.45, 7) is 0.552. The van der Waals surface area contributed by atoms with E-state index in [0.29, 0.717) is 24.6 Å². The van der Waals surface area contributed by atoms with Crippen molar-refractivity contribution in [1.29, 1.82) is 0 Å². The average molecular weight is 311 g/mol. The summed E-state index contributed by atoms with van der Waals surface area (Å²) in [5.41, 5.74) is 8.37. The van der Waals surface area contributed by atoms with E-state index in [-0.39, 0.29) is 0 Å².